The highest BCUT2D eigenvalue weighted by Crippen LogP contribution is 2.54. The van der Waals surface area contributed by atoms with Gasteiger partial charge in [0.1, 0.15) is 35.5 Å². The van der Waals surface area contributed by atoms with Crippen molar-refractivity contribution in [3.05, 3.63) is 119 Å². The van der Waals surface area contributed by atoms with E-state index in [1.807, 2.05) is 138 Å². The Morgan fingerprint density at radius 1 is 0.712 bits per heavy atom. The number of allylic oxidation sites excluding steroid dienone is 2. The van der Waals surface area contributed by atoms with Crippen LogP contribution in [0.25, 0.3) is 0 Å². The zero-order valence-corrected chi connectivity index (χ0v) is 36.2. The summed E-state index contributed by atoms with van der Waals surface area (Å²) in [7, 11) is 7.62. The molecular weight excluding hydrogens is 818 g/mol. The van der Waals surface area contributed by atoms with Crippen molar-refractivity contribution in [3.63, 3.8) is 0 Å². The Morgan fingerprint density at radius 2 is 1.10 bits per heavy atom. The van der Waals surface area contributed by atoms with Crippen LogP contribution in [0.2, 0.25) is 0 Å². The van der Waals surface area contributed by atoms with E-state index < -0.39 is 28.8 Å². The van der Waals surface area contributed by atoms with Gasteiger partial charge in [-0.3, -0.25) is 19.4 Å². The Kier molecular flexibility index (Phi) is 13.1. The molecule has 2 aromatic heterocycles. The monoisotopic (exact) mass is 869 g/mol. The van der Waals surface area contributed by atoms with Gasteiger partial charge in [-0.15, -0.1) is 0 Å². The number of nitriles is 1. The number of hydrogen-bond donors (Lipinski definition) is 2. The minimum Gasteiger partial charge on any atom is -0.470 e. The number of carbonyl (C=O) groups is 2. The summed E-state index contributed by atoms with van der Waals surface area (Å²) in [6.07, 6.45) is 7.91. The van der Waals surface area contributed by atoms with Crippen LogP contribution in [0.15, 0.2) is 94.0 Å². The van der Waals surface area contributed by atoms with E-state index in [0.717, 1.165) is 11.1 Å². The molecule has 8 rings (SSSR count). The van der Waals surface area contributed by atoms with Gasteiger partial charge >= 0.3 is 0 Å². The average molecular weight is 871 g/mol. The molecule has 4 aliphatic rings. The molecule has 0 amide bonds. The first-order chi connectivity index (χ1) is 28.1. The Morgan fingerprint density at radius 3 is 1.51 bits per heavy atom. The normalized spacial score (nSPS) is 30.1. The molecular formula is C45H52BrN5O8. The van der Waals surface area contributed by atoms with Crippen LogP contribution in [-0.2, 0) is 13.2 Å². The van der Waals surface area contributed by atoms with Crippen LogP contribution in [-0.4, -0.2) is 86.1 Å². The minimum absolute atomic E-state index is 0.0862. The zero-order valence-electron chi connectivity index (χ0n) is 34.6. The van der Waals surface area contributed by atoms with E-state index in [0.29, 0.717) is 11.5 Å². The molecule has 59 heavy (non-hydrogen) atoms. The number of fused-ring (bicyclic) bond motifs is 4. The summed E-state index contributed by atoms with van der Waals surface area (Å²) in [4.78, 5) is 30.8. The maximum atomic E-state index is 13.5. The lowest BCUT2D eigenvalue weighted by molar-refractivity contribution is -0.0690. The largest absolute Gasteiger partial charge is 0.470 e. The fraction of sp³-hybridized carbons (Fsp3) is 0.444. The number of aliphatic hydroxyl groups is 2. The number of halogens is 1. The van der Waals surface area contributed by atoms with Gasteiger partial charge in [-0.2, -0.15) is 5.26 Å². The van der Waals surface area contributed by atoms with E-state index in [1.165, 1.54) is 6.92 Å². The summed E-state index contributed by atoms with van der Waals surface area (Å²) in [6, 6.07) is 20.4. The number of Topliss-reactive ketones (excluding diaryl/α,β-unsaturated/α-hetero) is 2. The van der Waals surface area contributed by atoms with Crippen LogP contribution >= 0.6 is 15.9 Å². The molecule has 0 bridgehead atoms. The third kappa shape index (κ3) is 7.82. The van der Waals surface area contributed by atoms with Crippen LogP contribution in [0.4, 0.5) is 0 Å². The molecule has 0 radical (unpaired) electrons. The van der Waals surface area contributed by atoms with Gasteiger partial charge in [0.2, 0.25) is 11.6 Å². The van der Waals surface area contributed by atoms with E-state index in [2.05, 4.69) is 32.3 Å². The predicted molar refractivity (Wildman–Crippen MR) is 223 cm³/mol. The number of benzene rings is 2. The number of nitrogens with zero attached hydrogens (tertiary/aromatic N) is 5. The maximum absolute atomic E-state index is 13.5. The molecule has 2 N–H and O–H groups in total. The second-order valence-electron chi connectivity index (χ2n) is 16.1. The standard InChI is InChI=1S/C22H26N2O4.C21H23BrN2O4.C2H3N/c1-13-10-11-16-18(24(3)4)19-17(20(25)22(16,26)14(13)2)21(23-28-19)27-12-15-8-6-5-7-9-15;1-12-15(22)10-9-14-17(24(2)3)18-16(19(25)21(12,14)26)20(23-28-18)27-11-13-7-5-4-6-8-13;1-2-3/h5-11,13-14,16,18,26H,12H2,1-4H3;4-10,12,14-15,17,26H,11H2,1-3H3;1H3/t13-,14-,16+,18+,22-;12-,14+,15+,17+,21-;/m11./s1. The van der Waals surface area contributed by atoms with Gasteiger partial charge < -0.3 is 28.7 Å². The van der Waals surface area contributed by atoms with Crippen molar-refractivity contribution in [2.45, 2.75) is 69.0 Å². The molecule has 0 saturated heterocycles. The summed E-state index contributed by atoms with van der Waals surface area (Å²) in [6.45, 7) is 7.78. The molecule has 0 aliphatic heterocycles. The third-order valence-electron chi connectivity index (χ3n) is 12.1. The summed E-state index contributed by atoms with van der Waals surface area (Å²) in [5.74, 6) is -0.864. The minimum atomic E-state index is -1.57. The topological polar surface area (TPSA) is 175 Å². The quantitative estimate of drug-likeness (QED) is 0.135. The Labute approximate surface area is 353 Å². The van der Waals surface area contributed by atoms with E-state index in [1.54, 1.807) is 6.07 Å². The number of hydrogen-bond acceptors (Lipinski definition) is 13. The molecule has 13 nitrogen and oxygen atoms in total. The molecule has 0 spiro atoms. The average Bonchev–Trinajstić information content (AvgIpc) is 3.84. The first kappa shape index (κ1) is 43.7. The highest BCUT2D eigenvalue weighted by molar-refractivity contribution is 9.09. The molecule has 312 valence electrons. The van der Waals surface area contributed by atoms with Gasteiger partial charge in [-0.25, -0.2) is 0 Å². The second-order valence-corrected chi connectivity index (χ2v) is 17.1. The maximum Gasteiger partial charge on any atom is 0.265 e. The van der Waals surface area contributed by atoms with E-state index in [-0.39, 0.29) is 76.5 Å². The summed E-state index contributed by atoms with van der Waals surface area (Å²) in [5, 5.41) is 38.7. The van der Waals surface area contributed by atoms with Crippen LogP contribution < -0.4 is 9.47 Å². The lowest BCUT2D eigenvalue weighted by Gasteiger charge is -2.49. The molecule has 0 unspecified atom stereocenters. The van der Waals surface area contributed by atoms with Crippen molar-refractivity contribution in [1.29, 1.82) is 5.26 Å². The third-order valence-corrected chi connectivity index (χ3v) is 13.2. The molecule has 4 aromatic rings. The van der Waals surface area contributed by atoms with E-state index >= 15 is 0 Å². The summed E-state index contributed by atoms with van der Waals surface area (Å²) < 4.78 is 22.8. The highest BCUT2D eigenvalue weighted by atomic mass is 79.9. The Balaban J connectivity index is 0.000000186. The van der Waals surface area contributed by atoms with Gasteiger partial charge in [-0.1, -0.05) is 122 Å². The molecule has 4 aliphatic carbocycles. The number of ether oxygens (including phenoxy) is 2. The summed E-state index contributed by atoms with van der Waals surface area (Å²) >= 11 is 3.56. The molecule has 0 saturated carbocycles. The molecule has 10 atom stereocenters. The van der Waals surface area contributed by atoms with Crippen molar-refractivity contribution >= 4 is 27.5 Å². The highest BCUT2D eigenvalue weighted by Gasteiger charge is 2.62. The van der Waals surface area contributed by atoms with E-state index in [4.69, 9.17) is 23.8 Å². The number of aromatic nitrogens is 2. The van der Waals surface area contributed by atoms with Crippen molar-refractivity contribution in [2.75, 3.05) is 28.2 Å². The molecule has 0 fully saturated rings. The number of rotatable bonds is 8. The van der Waals surface area contributed by atoms with Crippen LogP contribution in [0, 0.1) is 40.9 Å². The first-order valence-corrected chi connectivity index (χ1v) is 20.6. The number of ketones is 2. The van der Waals surface area contributed by atoms with Crippen LogP contribution in [0.1, 0.15) is 83.1 Å². The number of alkyl halides is 1. The van der Waals surface area contributed by atoms with Crippen molar-refractivity contribution in [1.82, 2.24) is 20.1 Å². The molecule has 2 heterocycles. The van der Waals surface area contributed by atoms with Gasteiger partial charge in [0.15, 0.2) is 11.5 Å². The summed E-state index contributed by atoms with van der Waals surface area (Å²) in [5.41, 5.74) is -0.658. The Hall–Kier alpha value is -4.91. The zero-order chi connectivity index (χ0) is 42.8. The fourth-order valence-electron chi connectivity index (χ4n) is 8.69. The Bertz CT molecular complexity index is 2060. The molecule has 2 aromatic carbocycles. The smallest absolute Gasteiger partial charge is 0.265 e. The van der Waals surface area contributed by atoms with Gasteiger partial charge in [0.25, 0.3) is 11.8 Å². The fourth-order valence-corrected chi connectivity index (χ4v) is 9.27. The second kappa shape index (κ2) is 17.7. The lowest BCUT2D eigenvalue weighted by Crippen LogP contribution is -2.60. The first-order valence-electron chi connectivity index (χ1n) is 19.6. The van der Waals surface area contributed by atoms with Crippen LogP contribution in [0.5, 0.6) is 11.8 Å². The lowest BCUT2D eigenvalue weighted by atomic mass is 9.60. The van der Waals surface area contributed by atoms with Gasteiger partial charge in [0.05, 0.1) is 18.2 Å². The van der Waals surface area contributed by atoms with E-state index in [9.17, 15) is 19.8 Å². The predicted octanol–water partition coefficient (Wildman–Crippen LogP) is 7.14. The SMILES string of the molecule is CC#N.C[C@@H]1C=C[C@H]2[C@H](N(C)C)c3onc(OCc4ccccc4)c3C(=O)[C@@]2(O)[C@@H]1C.C[C@@H]1[C@@H](Br)C=C[C@H]2[C@H](N(C)C)c3onc(OCc4ccccc4)c3C(=O)[C@@]12O. The number of carbonyl (C=O) groups excluding carboxylic acids is 2. The van der Waals surface area contributed by atoms with Crippen molar-refractivity contribution < 1.29 is 38.3 Å². The van der Waals surface area contributed by atoms with Gasteiger partial charge in [0, 0.05) is 29.5 Å². The molecule has 14 heteroatoms. The van der Waals surface area contributed by atoms with Gasteiger partial charge in [-0.05, 0) is 61.5 Å². The van der Waals surface area contributed by atoms with Crippen LogP contribution in [0.3, 0.4) is 0 Å². The van der Waals surface area contributed by atoms with Crippen molar-refractivity contribution in [3.8, 4) is 17.8 Å². The van der Waals surface area contributed by atoms with Crippen molar-refractivity contribution in [2.24, 2.45) is 29.6 Å².